The van der Waals surface area contributed by atoms with Gasteiger partial charge in [0, 0.05) is 10.9 Å². The van der Waals surface area contributed by atoms with Crippen LogP contribution in [0.4, 0.5) is 0 Å². The summed E-state index contributed by atoms with van der Waals surface area (Å²) in [7, 11) is -0.769. The third kappa shape index (κ3) is 3.73. The van der Waals surface area contributed by atoms with Crippen molar-refractivity contribution in [1.29, 1.82) is 0 Å². The summed E-state index contributed by atoms with van der Waals surface area (Å²) in [5.41, 5.74) is 3.81. The Morgan fingerprint density at radius 2 is 1.92 bits per heavy atom. The number of aryl methyl sites for hydroxylation is 1. The Labute approximate surface area is 145 Å². The minimum atomic E-state index is -0.769. The lowest BCUT2D eigenvalue weighted by atomic mass is 9.81. The van der Waals surface area contributed by atoms with Crippen LogP contribution in [0.5, 0.6) is 0 Å². The first-order chi connectivity index (χ1) is 11.2. The van der Waals surface area contributed by atoms with Gasteiger partial charge in [0.25, 0.3) is 0 Å². The van der Waals surface area contributed by atoms with Crippen LogP contribution < -0.4 is 0 Å². The van der Waals surface area contributed by atoms with Crippen LogP contribution in [-0.2, 0) is 21.2 Å². The van der Waals surface area contributed by atoms with E-state index in [9.17, 15) is 4.79 Å². The fourth-order valence-corrected chi connectivity index (χ4v) is 3.42. The SMILES string of the molecule is CCOC(=O)c1oc2ccc(CO[Si](C)C)c(C(C)(C)C)c2c1C. The second kappa shape index (κ2) is 7.11. The molecule has 0 bridgehead atoms. The van der Waals surface area contributed by atoms with Crippen molar-refractivity contribution in [2.45, 2.75) is 59.7 Å². The molecule has 1 heterocycles. The first-order valence-corrected chi connectivity index (χ1v) is 10.7. The first kappa shape index (κ1) is 18.7. The van der Waals surface area contributed by atoms with E-state index in [4.69, 9.17) is 13.6 Å². The number of hydrogen-bond acceptors (Lipinski definition) is 4. The van der Waals surface area contributed by atoms with Crippen molar-refractivity contribution >= 4 is 26.0 Å². The summed E-state index contributed by atoms with van der Waals surface area (Å²) in [6.07, 6.45) is 0. The van der Waals surface area contributed by atoms with Gasteiger partial charge in [0.05, 0.1) is 13.2 Å². The van der Waals surface area contributed by atoms with E-state index in [1.807, 2.05) is 19.1 Å². The predicted octanol–water partition coefficient (Wildman–Crippen LogP) is 4.98. The summed E-state index contributed by atoms with van der Waals surface area (Å²) in [5, 5.41) is 1.01. The van der Waals surface area contributed by atoms with Gasteiger partial charge in [-0.3, -0.25) is 0 Å². The van der Waals surface area contributed by atoms with Gasteiger partial charge in [0.15, 0.2) is 0 Å². The van der Waals surface area contributed by atoms with Gasteiger partial charge in [-0.2, -0.15) is 0 Å². The van der Waals surface area contributed by atoms with E-state index in [0.717, 1.165) is 22.1 Å². The van der Waals surface area contributed by atoms with E-state index in [0.29, 0.717) is 19.0 Å². The number of ether oxygens (including phenoxy) is 1. The minimum Gasteiger partial charge on any atom is -0.460 e. The van der Waals surface area contributed by atoms with Crippen LogP contribution in [-0.4, -0.2) is 21.6 Å². The van der Waals surface area contributed by atoms with Crippen molar-refractivity contribution in [3.05, 3.63) is 34.6 Å². The van der Waals surface area contributed by atoms with E-state index in [2.05, 4.69) is 33.9 Å². The van der Waals surface area contributed by atoms with Crippen LogP contribution in [0, 0.1) is 6.92 Å². The van der Waals surface area contributed by atoms with Gasteiger partial charge in [0.2, 0.25) is 14.8 Å². The van der Waals surface area contributed by atoms with Gasteiger partial charge in [0.1, 0.15) is 5.58 Å². The molecule has 24 heavy (non-hydrogen) atoms. The Hall–Kier alpha value is -1.59. The van der Waals surface area contributed by atoms with Gasteiger partial charge >= 0.3 is 5.97 Å². The molecule has 0 atom stereocenters. The summed E-state index contributed by atoms with van der Waals surface area (Å²) in [6.45, 7) is 15.4. The third-order valence-corrected chi connectivity index (χ3v) is 4.63. The number of fused-ring (bicyclic) bond motifs is 1. The second-order valence-corrected chi connectivity index (χ2v) is 9.30. The largest absolute Gasteiger partial charge is 0.460 e. The molecule has 0 unspecified atom stereocenters. The van der Waals surface area contributed by atoms with E-state index in [1.54, 1.807) is 6.92 Å². The Bertz CT molecular complexity index is 738. The van der Waals surface area contributed by atoms with Gasteiger partial charge in [-0.25, -0.2) is 4.79 Å². The van der Waals surface area contributed by atoms with Crippen molar-refractivity contribution in [2.75, 3.05) is 6.61 Å². The molecule has 0 aliphatic heterocycles. The molecule has 5 heteroatoms. The summed E-state index contributed by atoms with van der Waals surface area (Å²) >= 11 is 0. The highest BCUT2D eigenvalue weighted by atomic mass is 28.3. The topological polar surface area (TPSA) is 48.7 Å². The number of esters is 1. The normalized spacial score (nSPS) is 12.2. The van der Waals surface area contributed by atoms with Crippen molar-refractivity contribution in [2.24, 2.45) is 0 Å². The Morgan fingerprint density at radius 1 is 1.25 bits per heavy atom. The smallest absolute Gasteiger partial charge is 0.374 e. The van der Waals surface area contributed by atoms with Crippen molar-refractivity contribution in [1.82, 2.24) is 0 Å². The summed E-state index contributed by atoms with van der Waals surface area (Å²) in [5.74, 6) is -0.109. The van der Waals surface area contributed by atoms with Crippen LogP contribution in [0.3, 0.4) is 0 Å². The molecule has 0 N–H and O–H groups in total. The van der Waals surface area contributed by atoms with Crippen molar-refractivity contribution in [3.8, 4) is 0 Å². The highest BCUT2D eigenvalue weighted by Gasteiger charge is 2.27. The zero-order chi connectivity index (χ0) is 18.1. The number of hydrogen-bond donors (Lipinski definition) is 0. The fraction of sp³-hybridized carbons (Fsp3) is 0.526. The Morgan fingerprint density at radius 3 is 2.46 bits per heavy atom. The molecule has 0 amide bonds. The molecular weight excluding hydrogens is 320 g/mol. The molecule has 0 saturated heterocycles. The average molecular weight is 348 g/mol. The molecule has 0 saturated carbocycles. The number of rotatable bonds is 5. The highest BCUT2D eigenvalue weighted by Crippen LogP contribution is 2.38. The monoisotopic (exact) mass is 347 g/mol. The standard InChI is InChI=1S/C19H27O4Si/c1-8-21-18(20)17-12(2)15-14(23-17)10-9-13(11-22-24(6)7)16(15)19(3,4)5/h9-10H,8,11H2,1-7H3. The number of carbonyl (C=O) groups is 1. The second-order valence-electron chi connectivity index (χ2n) is 7.20. The number of benzene rings is 1. The van der Waals surface area contributed by atoms with Crippen LogP contribution in [0.15, 0.2) is 16.5 Å². The maximum Gasteiger partial charge on any atom is 0.374 e. The Balaban J connectivity index is 2.66. The van der Waals surface area contributed by atoms with Crippen LogP contribution in [0.2, 0.25) is 13.1 Å². The molecule has 1 aromatic heterocycles. The molecule has 0 spiro atoms. The van der Waals surface area contributed by atoms with E-state index >= 15 is 0 Å². The average Bonchev–Trinajstić information content (AvgIpc) is 2.81. The van der Waals surface area contributed by atoms with E-state index < -0.39 is 15.0 Å². The summed E-state index contributed by atoms with van der Waals surface area (Å²) in [4.78, 5) is 12.2. The summed E-state index contributed by atoms with van der Waals surface area (Å²) < 4.78 is 16.9. The molecule has 1 radical (unpaired) electrons. The third-order valence-electron chi connectivity index (χ3n) is 3.91. The molecule has 0 aliphatic carbocycles. The number of furan rings is 1. The molecular formula is C19H27O4Si. The van der Waals surface area contributed by atoms with Gasteiger partial charge in [-0.15, -0.1) is 0 Å². The lowest BCUT2D eigenvalue weighted by Gasteiger charge is -2.25. The van der Waals surface area contributed by atoms with Crippen molar-refractivity contribution < 1.29 is 18.4 Å². The van der Waals surface area contributed by atoms with Crippen molar-refractivity contribution in [3.63, 3.8) is 0 Å². The van der Waals surface area contributed by atoms with Crippen LogP contribution in [0.1, 0.15) is 54.9 Å². The molecule has 2 aromatic rings. The molecule has 131 valence electrons. The lowest BCUT2D eigenvalue weighted by Crippen LogP contribution is -2.17. The first-order valence-electron chi connectivity index (χ1n) is 8.32. The van der Waals surface area contributed by atoms with Gasteiger partial charge in [-0.05, 0) is 49.5 Å². The maximum absolute atomic E-state index is 12.2. The van der Waals surface area contributed by atoms with Crippen LogP contribution in [0.25, 0.3) is 11.0 Å². The molecule has 0 fully saturated rings. The molecule has 2 rings (SSSR count). The zero-order valence-corrected chi connectivity index (χ0v) is 16.7. The maximum atomic E-state index is 12.2. The fourth-order valence-electron chi connectivity index (χ4n) is 2.97. The van der Waals surface area contributed by atoms with Gasteiger partial charge in [-0.1, -0.05) is 26.8 Å². The lowest BCUT2D eigenvalue weighted by molar-refractivity contribution is 0.0491. The summed E-state index contributed by atoms with van der Waals surface area (Å²) in [6, 6.07) is 3.97. The van der Waals surface area contributed by atoms with E-state index in [-0.39, 0.29) is 5.41 Å². The molecule has 4 nitrogen and oxygen atoms in total. The van der Waals surface area contributed by atoms with E-state index in [1.165, 1.54) is 5.56 Å². The van der Waals surface area contributed by atoms with Crippen LogP contribution >= 0.6 is 0 Å². The minimum absolute atomic E-state index is 0.0901. The quantitative estimate of drug-likeness (QED) is 0.565. The zero-order valence-electron chi connectivity index (χ0n) is 15.7. The highest BCUT2D eigenvalue weighted by molar-refractivity contribution is 6.48. The number of carbonyl (C=O) groups excluding carboxylic acids is 1. The predicted molar refractivity (Wildman–Crippen MR) is 97.9 cm³/mol. The Kier molecular flexibility index (Phi) is 5.55. The molecule has 0 aliphatic rings. The van der Waals surface area contributed by atoms with Gasteiger partial charge < -0.3 is 13.6 Å². The molecule has 1 aromatic carbocycles.